The monoisotopic (exact) mass is 184 g/mol. The zero-order valence-electron chi connectivity index (χ0n) is 9.27. The van der Waals surface area contributed by atoms with Crippen LogP contribution in [0, 0.1) is 11.3 Å². The predicted octanol–water partition coefficient (Wildman–Crippen LogP) is 2.44. The van der Waals surface area contributed by atoms with Crippen molar-refractivity contribution >= 4 is 0 Å². The summed E-state index contributed by atoms with van der Waals surface area (Å²) in [6.45, 7) is 6.99. The Morgan fingerprint density at radius 2 is 2.23 bits per heavy atom. The summed E-state index contributed by atoms with van der Waals surface area (Å²) in [7, 11) is 0. The van der Waals surface area contributed by atoms with Gasteiger partial charge in [-0.25, -0.2) is 0 Å². The standard InChI is InChI=1S/C11H24N2/c1-4-6-10(13-12)9-7-5-8-11(9,2)3/h9-10,13H,4-8,12H2,1-3H3. The van der Waals surface area contributed by atoms with Crippen molar-refractivity contribution in [1.82, 2.24) is 5.43 Å². The number of rotatable bonds is 4. The Balaban J connectivity index is 2.57. The summed E-state index contributed by atoms with van der Waals surface area (Å²) >= 11 is 0. The van der Waals surface area contributed by atoms with Crippen molar-refractivity contribution in [2.75, 3.05) is 0 Å². The quantitative estimate of drug-likeness (QED) is 0.520. The molecule has 1 aliphatic rings. The largest absolute Gasteiger partial charge is 0.271 e. The molecule has 0 aromatic carbocycles. The molecule has 0 aromatic heterocycles. The molecule has 78 valence electrons. The van der Waals surface area contributed by atoms with E-state index in [0.29, 0.717) is 11.5 Å². The van der Waals surface area contributed by atoms with Gasteiger partial charge in [-0.15, -0.1) is 0 Å². The van der Waals surface area contributed by atoms with Crippen LogP contribution in [0.2, 0.25) is 0 Å². The van der Waals surface area contributed by atoms with Crippen LogP contribution in [0.3, 0.4) is 0 Å². The summed E-state index contributed by atoms with van der Waals surface area (Å²) in [6, 6.07) is 0.530. The lowest BCUT2D eigenvalue weighted by Gasteiger charge is -2.33. The third-order valence-electron chi connectivity index (χ3n) is 3.64. The fourth-order valence-electron chi connectivity index (χ4n) is 2.81. The highest BCUT2D eigenvalue weighted by atomic mass is 15.2. The fourth-order valence-corrected chi connectivity index (χ4v) is 2.81. The van der Waals surface area contributed by atoms with Crippen LogP contribution in [0.1, 0.15) is 52.9 Å². The number of nitrogens with one attached hydrogen (secondary N) is 1. The molecule has 0 amide bonds. The van der Waals surface area contributed by atoms with Crippen molar-refractivity contribution < 1.29 is 0 Å². The highest BCUT2D eigenvalue weighted by Crippen LogP contribution is 2.44. The van der Waals surface area contributed by atoms with Crippen LogP contribution in [0.5, 0.6) is 0 Å². The maximum Gasteiger partial charge on any atom is 0.0243 e. The Morgan fingerprint density at radius 1 is 1.54 bits per heavy atom. The van der Waals surface area contributed by atoms with Crippen LogP contribution < -0.4 is 11.3 Å². The summed E-state index contributed by atoms with van der Waals surface area (Å²) in [5.41, 5.74) is 3.49. The minimum Gasteiger partial charge on any atom is -0.271 e. The smallest absolute Gasteiger partial charge is 0.0243 e. The van der Waals surface area contributed by atoms with E-state index in [4.69, 9.17) is 5.84 Å². The van der Waals surface area contributed by atoms with Crippen molar-refractivity contribution in [3.05, 3.63) is 0 Å². The number of hydrogen-bond acceptors (Lipinski definition) is 2. The molecule has 1 fully saturated rings. The number of hydrogen-bond donors (Lipinski definition) is 2. The third kappa shape index (κ3) is 2.44. The zero-order chi connectivity index (χ0) is 9.90. The van der Waals surface area contributed by atoms with Gasteiger partial charge in [-0.3, -0.25) is 11.3 Å². The Hall–Kier alpha value is -0.0800. The van der Waals surface area contributed by atoms with E-state index in [-0.39, 0.29) is 0 Å². The van der Waals surface area contributed by atoms with E-state index in [1.54, 1.807) is 0 Å². The van der Waals surface area contributed by atoms with Crippen LogP contribution in [-0.2, 0) is 0 Å². The first-order chi connectivity index (χ1) is 6.11. The molecule has 3 N–H and O–H groups in total. The third-order valence-corrected chi connectivity index (χ3v) is 3.64. The van der Waals surface area contributed by atoms with Gasteiger partial charge in [0.05, 0.1) is 0 Å². The Bertz CT molecular complexity index is 154. The van der Waals surface area contributed by atoms with Crippen LogP contribution in [0.25, 0.3) is 0 Å². The van der Waals surface area contributed by atoms with Gasteiger partial charge in [0.1, 0.15) is 0 Å². The van der Waals surface area contributed by atoms with Crippen molar-refractivity contribution in [2.24, 2.45) is 17.2 Å². The maximum atomic E-state index is 5.61. The molecule has 2 nitrogen and oxygen atoms in total. The molecule has 2 heteroatoms. The fraction of sp³-hybridized carbons (Fsp3) is 1.00. The topological polar surface area (TPSA) is 38.0 Å². The Morgan fingerprint density at radius 3 is 2.62 bits per heavy atom. The van der Waals surface area contributed by atoms with Gasteiger partial charge in [0.15, 0.2) is 0 Å². The minimum absolute atomic E-state index is 0.492. The van der Waals surface area contributed by atoms with E-state index in [2.05, 4.69) is 26.2 Å². The second-order valence-electron chi connectivity index (χ2n) is 5.05. The number of nitrogens with two attached hydrogens (primary N) is 1. The molecule has 2 unspecified atom stereocenters. The average Bonchev–Trinajstić information content (AvgIpc) is 2.41. The highest BCUT2D eigenvalue weighted by Gasteiger charge is 2.38. The van der Waals surface area contributed by atoms with Crippen LogP contribution in [0.15, 0.2) is 0 Å². The molecule has 0 aromatic rings. The molecular formula is C11H24N2. The van der Waals surface area contributed by atoms with E-state index in [0.717, 1.165) is 5.92 Å². The van der Waals surface area contributed by atoms with Gasteiger partial charge < -0.3 is 0 Å². The summed E-state index contributed by atoms with van der Waals surface area (Å²) in [5, 5.41) is 0. The van der Waals surface area contributed by atoms with E-state index >= 15 is 0 Å². The lowest BCUT2D eigenvalue weighted by molar-refractivity contribution is 0.189. The van der Waals surface area contributed by atoms with Crippen molar-refractivity contribution in [3.8, 4) is 0 Å². The summed E-state index contributed by atoms with van der Waals surface area (Å²) in [4.78, 5) is 0. The van der Waals surface area contributed by atoms with Crippen molar-refractivity contribution in [2.45, 2.75) is 58.9 Å². The molecule has 0 bridgehead atoms. The van der Waals surface area contributed by atoms with Gasteiger partial charge in [-0.05, 0) is 30.6 Å². The second-order valence-corrected chi connectivity index (χ2v) is 5.05. The van der Waals surface area contributed by atoms with Gasteiger partial charge >= 0.3 is 0 Å². The first kappa shape index (κ1) is 11.0. The first-order valence-electron chi connectivity index (χ1n) is 5.58. The molecule has 0 radical (unpaired) electrons. The molecule has 1 rings (SSSR count). The van der Waals surface area contributed by atoms with E-state index in [9.17, 15) is 0 Å². The van der Waals surface area contributed by atoms with E-state index in [1.807, 2.05) is 0 Å². The van der Waals surface area contributed by atoms with Gasteiger partial charge in [0.25, 0.3) is 0 Å². The summed E-state index contributed by atoms with van der Waals surface area (Å²) in [5.74, 6) is 6.39. The molecule has 1 saturated carbocycles. The van der Waals surface area contributed by atoms with E-state index < -0.39 is 0 Å². The highest BCUT2D eigenvalue weighted by molar-refractivity contribution is 4.91. The summed E-state index contributed by atoms with van der Waals surface area (Å²) in [6.07, 6.45) is 6.52. The van der Waals surface area contributed by atoms with E-state index in [1.165, 1.54) is 32.1 Å². The Labute approximate surface area is 82.2 Å². The van der Waals surface area contributed by atoms with Gasteiger partial charge in [0.2, 0.25) is 0 Å². The summed E-state index contributed by atoms with van der Waals surface area (Å²) < 4.78 is 0. The zero-order valence-corrected chi connectivity index (χ0v) is 9.27. The molecule has 0 saturated heterocycles. The molecule has 0 spiro atoms. The van der Waals surface area contributed by atoms with Crippen LogP contribution in [0.4, 0.5) is 0 Å². The Kier molecular flexibility index (Phi) is 3.74. The molecule has 0 heterocycles. The molecule has 13 heavy (non-hydrogen) atoms. The average molecular weight is 184 g/mol. The normalized spacial score (nSPS) is 29.1. The predicted molar refractivity (Wildman–Crippen MR) is 57.1 cm³/mol. The lowest BCUT2D eigenvalue weighted by Crippen LogP contribution is -2.44. The molecule has 1 aliphatic carbocycles. The lowest BCUT2D eigenvalue weighted by atomic mass is 9.76. The molecular weight excluding hydrogens is 160 g/mol. The van der Waals surface area contributed by atoms with Gasteiger partial charge in [-0.1, -0.05) is 33.6 Å². The first-order valence-corrected chi connectivity index (χ1v) is 5.58. The van der Waals surface area contributed by atoms with Crippen LogP contribution >= 0.6 is 0 Å². The minimum atomic E-state index is 0.492. The van der Waals surface area contributed by atoms with Crippen LogP contribution in [-0.4, -0.2) is 6.04 Å². The molecule has 0 aliphatic heterocycles. The second kappa shape index (κ2) is 4.43. The number of hydrazine groups is 1. The van der Waals surface area contributed by atoms with Gasteiger partial charge in [-0.2, -0.15) is 0 Å². The van der Waals surface area contributed by atoms with Crippen molar-refractivity contribution in [3.63, 3.8) is 0 Å². The maximum absolute atomic E-state index is 5.61. The van der Waals surface area contributed by atoms with Gasteiger partial charge in [0, 0.05) is 6.04 Å². The SMILES string of the molecule is CCCC(NN)C1CCCC1(C)C. The molecule has 2 atom stereocenters. The van der Waals surface area contributed by atoms with Crippen molar-refractivity contribution in [1.29, 1.82) is 0 Å².